The zero-order valence-corrected chi connectivity index (χ0v) is 10.3. The Labute approximate surface area is 97.4 Å². The fraction of sp³-hybridized carbons (Fsp3) is 0.750. The van der Waals surface area contributed by atoms with Gasteiger partial charge in [0.25, 0.3) is 0 Å². The van der Waals surface area contributed by atoms with Crippen LogP contribution in [0, 0.1) is 5.92 Å². The summed E-state index contributed by atoms with van der Waals surface area (Å²) in [5.41, 5.74) is 7.34. The van der Waals surface area contributed by atoms with E-state index in [0.717, 1.165) is 25.4 Å². The van der Waals surface area contributed by atoms with Crippen molar-refractivity contribution in [3.05, 3.63) is 18.0 Å². The fourth-order valence-electron chi connectivity index (χ4n) is 2.58. The maximum Gasteiger partial charge on any atom is 0.0522 e. The van der Waals surface area contributed by atoms with Gasteiger partial charge in [-0.15, -0.1) is 0 Å². The Morgan fingerprint density at radius 3 is 2.94 bits per heavy atom. The van der Waals surface area contributed by atoms with Crippen molar-refractivity contribution in [2.45, 2.75) is 25.8 Å². The van der Waals surface area contributed by atoms with E-state index >= 15 is 0 Å². The molecule has 1 aromatic rings. The largest absolute Gasteiger partial charge is 0.327 e. The summed E-state index contributed by atoms with van der Waals surface area (Å²) in [6, 6.07) is 0.359. The molecule has 0 saturated carbocycles. The Balaban J connectivity index is 1.81. The maximum atomic E-state index is 6.03. The van der Waals surface area contributed by atoms with E-state index in [1.807, 2.05) is 17.9 Å². The van der Waals surface area contributed by atoms with E-state index in [0.29, 0.717) is 6.04 Å². The molecule has 2 unspecified atom stereocenters. The Morgan fingerprint density at radius 1 is 1.50 bits per heavy atom. The number of hydrogen-bond acceptors (Lipinski definition) is 3. The Morgan fingerprint density at radius 2 is 2.31 bits per heavy atom. The molecule has 2 atom stereocenters. The Hall–Kier alpha value is -0.870. The van der Waals surface area contributed by atoms with Gasteiger partial charge in [-0.1, -0.05) is 6.92 Å². The third kappa shape index (κ3) is 3.06. The molecule has 0 spiro atoms. The molecule has 2 N–H and O–H groups in total. The van der Waals surface area contributed by atoms with E-state index in [1.54, 1.807) is 0 Å². The van der Waals surface area contributed by atoms with Crippen LogP contribution in [0.2, 0.25) is 0 Å². The van der Waals surface area contributed by atoms with Gasteiger partial charge < -0.3 is 10.6 Å². The van der Waals surface area contributed by atoms with E-state index in [1.165, 1.54) is 18.5 Å². The molecule has 4 nitrogen and oxygen atoms in total. The van der Waals surface area contributed by atoms with Crippen molar-refractivity contribution in [3.63, 3.8) is 0 Å². The highest BCUT2D eigenvalue weighted by Crippen LogP contribution is 2.15. The first-order valence-corrected chi connectivity index (χ1v) is 6.09. The first-order chi connectivity index (χ1) is 7.63. The van der Waals surface area contributed by atoms with E-state index in [9.17, 15) is 0 Å². The van der Waals surface area contributed by atoms with Crippen molar-refractivity contribution in [2.24, 2.45) is 18.7 Å². The number of hydrogen-bond donors (Lipinski definition) is 1. The Bertz CT molecular complexity index is 324. The number of likely N-dealkylation sites (tertiary alicyclic amines) is 1. The van der Waals surface area contributed by atoms with Gasteiger partial charge in [0.15, 0.2) is 0 Å². The number of aryl methyl sites for hydroxylation is 1. The summed E-state index contributed by atoms with van der Waals surface area (Å²) in [6.45, 7) is 5.62. The number of nitrogens with two attached hydrogens (primary N) is 1. The minimum atomic E-state index is 0.359. The molecule has 16 heavy (non-hydrogen) atoms. The molecular weight excluding hydrogens is 200 g/mol. The van der Waals surface area contributed by atoms with Crippen molar-refractivity contribution in [2.75, 3.05) is 19.6 Å². The van der Waals surface area contributed by atoms with Crippen molar-refractivity contribution < 1.29 is 0 Å². The van der Waals surface area contributed by atoms with Crippen LogP contribution >= 0.6 is 0 Å². The van der Waals surface area contributed by atoms with Gasteiger partial charge in [0.1, 0.15) is 0 Å². The molecular formula is C12H22N4. The van der Waals surface area contributed by atoms with Gasteiger partial charge >= 0.3 is 0 Å². The minimum absolute atomic E-state index is 0.359. The minimum Gasteiger partial charge on any atom is -0.327 e. The van der Waals surface area contributed by atoms with Crippen LogP contribution in [0.15, 0.2) is 12.4 Å². The van der Waals surface area contributed by atoms with Gasteiger partial charge in [-0.2, -0.15) is 5.10 Å². The lowest BCUT2D eigenvalue weighted by atomic mass is 9.96. The van der Waals surface area contributed by atoms with Crippen molar-refractivity contribution in [1.82, 2.24) is 14.7 Å². The predicted octanol–water partition coefficient (Wildman–Crippen LogP) is 0.632. The first kappa shape index (κ1) is 11.6. The van der Waals surface area contributed by atoms with Crippen LogP contribution < -0.4 is 5.73 Å². The average molecular weight is 222 g/mol. The average Bonchev–Trinajstić information content (AvgIpc) is 2.60. The van der Waals surface area contributed by atoms with Gasteiger partial charge in [0.2, 0.25) is 0 Å². The summed E-state index contributed by atoms with van der Waals surface area (Å²) in [7, 11) is 1.96. The van der Waals surface area contributed by atoms with Gasteiger partial charge in [-0.05, 0) is 24.3 Å². The second-order valence-electron chi connectivity index (χ2n) is 5.13. The zero-order valence-electron chi connectivity index (χ0n) is 10.3. The van der Waals surface area contributed by atoms with Crippen LogP contribution in [0.1, 0.15) is 18.9 Å². The lowest BCUT2D eigenvalue weighted by Crippen LogP contribution is -2.46. The third-order valence-electron chi connectivity index (χ3n) is 3.24. The highest BCUT2D eigenvalue weighted by Gasteiger charge is 2.21. The standard InChI is InChI=1S/C12H22N4/c1-10-5-12(13)9-16(7-10)4-3-11-6-14-15(2)8-11/h6,8,10,12H,3-5,7,9,13H2,1-2H3. The molecule has 1 saturated heterocycles. The lowest BCUT2D eigenvalue weighted by Gasteiger charge is -2.34. The van der Waals surface area contributed by atoms with Gasteiger partial charge in [0, 0.05) is 38.9 Å². The topological polar surface area (TPSA) is 47.1 Å². The highest BCUT2D eigenvalue weighted by molar-refractivity contribution is 5.04. The van der Waals surface area contributed by atoms with E-state index in [2.05, 4.69) is 23.1 Å². The summed E-state index contributed by atoms with van der Waals surface area (Å²) >= 11 is 0. The van der Waals surface area contributed by atoms with Crippen LogP contribution in [0.25, 0.3) is 0 Å². The summed E-state index contributed by atoms with van der Waals surface area (Å²) < 4.78 is 1.86. The smallest absolute Gasteiger partial charge is 0.0522 e. The van der Waals surface area contributed by atoms with Gasteiger partial charge in [-0.3, -0.25) is 4.68 Å². The predicted molar refractivity (Wildman–Crippen MR) is 65.1 cm³/mol. The molecule has 0 aromatic carbocycles. The van der Waals surface area contributed by atoms with Gasteiger partial charge in [0.05, 0.1) is 6.20 Å². The van der Waals surface area contributed by atoms with Crippen LogP contribution in [0.3, 0.4) is 0 Å². The summed E-state index contributed by atoms with van der Waals surface area (Å²) in [5, 5.41) is 4.18. The lowest BCUT2D eigenvalue weighted by molar-refractivity contribution is 0.167. The monoisotopic (exact) mass is 222 g/mol. The third-order valence-corrected chi connectivity index (χ3v) is 3.24. The van der Waals surface area contributed by atoms with Crippen molar-refractivity contribution >= 4 is 0 Å². The molecule has 1 aliphatic heterocycles. The summed E-state index contributed by atoms with van der Waals surface area (Å²) in [4.78, 5) is 2.48. The molecule has 1 aromatic heterocycles. The van der Waals surface area contributed by atoms with Gasteiger partial charge in [-0.25, -0.2) is 0 Å². The van der Waals surface area contributed by atoms with Crippen molar-refractivity contribution in [3.8, 4) is 0 Å². The van der Waals surface area contributed by atoms with E-state index in [-0.39, 0.29) is 0 Å². The molecule has 4 heteroatoms. The molecule has 0 aliphatic carbocycles. The van der Waals surface area contributed by atoms with Crippen LogP contribution in [-0.2, 0) is 13.5 Å². The Kier molecular flexibility index (Phi) is 3.61. The van der Waals surface area contributed by atoms with E-state index < -0.39 is 0 Å². The van der Waals surface area contributed by atoms with Crippen molar-refractivity contribution in [1.29, 1.82) is 0 Å². The molecule has 2 rings (SSSR count). The molecule has 2 heterocycles. The number of piperidine rings is 1. The molecule has 0 bridgehead atoms. The number of rotatable bonds is 3. The summed E-state index contributed by atoms with van der Waals surface area (Å²) in [6.07, 6.45) is 6.29. The molecule has 1 fully saturated rings. The quantitative estimate of drug-likeness (QED) is 0.816. The number of aromatic nitrogens is 2. The SMILES string of the molecule is CC1CC(N)CN(CCc2cnn(C)c2)C1. The van der Waals surface area contributed by atoms with E-state index in [4.69, 9.17) is 5.73 Å². The zero-order chi connectivity index (χ0) is 11.5. The summed E-state index contributed by atoms with van der Waals surface area (Å²) in [5.74, 6) is 0.734. The van der Waals surface area contributed by atoms with Crippen LogP contribution in [0.5, 0.6) is 0 Å². The van der Waals surface area contributed by atoms with Crippen LogP contribution in [0.4, 0.5) is 0 Å². The molecule has 90 valence electrons. The molecule has 0 amide bonds. The van der Waals surface area contributed by atoms with Crippen LogP contribution in [-0.4, -0.2) is 40.4 Å². The fourth-order valence-corrected chi connectivity index (χ4v) is 2.58. The normalized spacial score (nSPS) is 27.2. The molecule has 1 aliphatic rings. The first-order valence-electron chi connectivity index (χ1n) is 6.09. The highest BCUT2D eigenvalue weighted by atomic mass is 15.2. The second-order valence-corrected chi connectivity index (χ2v) is 5.13. The molecule has 0 radical (unpaired) electrons. The maximum absolute atomic E-state index is 6.03. The second kappa shape index (κ2) is 4.97. The number of nitrogens with zero attached hydrogens (tertiary/aromatic N) is 3.